The number of aromatic nitrogens is 3. The Morgan fingerprint density at radius 3 is 2.45 bits per heavy atom. The number of anilines is 4. The summed E-state index contributed by atoms with van der Waals surface area (Å²) in [5.41, 5.74) is 1.73. The van der Waals surface area contributed by atoms with Crippen molar-refractivity contribution in [2.45, 2.75) is 13.3 Å². The molecule has 0 saturated carbocycles. The molecule has 1 aliphatic heterocycles. The Hall–Kier alpha value is -2.94. The molecule has 1 aliphatic rings. The van der Waals surface area contributed by atoms with Crippen LogP contribution in [0.1, 0.15) is 23.0 Å². The van der Waals surface area contributed by atoms with Crippen molar-refractivity contribution in [2.24, 2.45) is 0 Å². The van der Waals surface area contributed by atoms with Crippen molar-refractivity contribution in [1.82, 2.24) is 19.9 Å². The van der Waals surface area contributed by atoms with Crippen LogP contribution in [0.3, 0.4) is 0 Å². The molecule has 0 unspecified atom stereocenters. The fourth-order valence-electron chi connectivity index (χ4n) is 3.49. The van der Waals surface area contributed by atoms with E-state index in [1.807, 2.05) is 6.07 Å². The number of hydrogen-bond acceptors (Lipinski definition) is 7. The van der Waals surface area contributed by atoms with E-state index in [2.05, 4.69) is 39.4 Å². The lowest BCUT2D eigenvalue weighted by molar-refractivity contribution is 0.102. The summed E-state index contributed by atoms with van der Waals surface area (Å²) in [6, 6.07) is 10.3. The molecule has 1 fully saturated rings. The van der Waals surface area contributed by atoms with E-state index in [0.717, 1.165) is 38.3 Å². The van der Waals surface area contributed by atoms with Crippen LogP contribution in [0.5, 0.6) is 0 Å². The van der Waals surface area contributed by atoms with Gasteiger partial charge in [-0.25, -0.2) is 9.97 Å². The number of carbonyl (C=O) groups excluding carboxylic acids is 1. The number of benzene rings is 1. The zero-order valence-corrected chi connectivity index (χ0v) is 20.0. The lowest BCUT2D eigenvalue weighted by Gasteiger charge is -2.32. The van der Waals surface area contributed by atoms with Crippen LogP contribution < -0.4 is 15.5 Å². The highest BCUT2D eigenvalue weighted by Crippen LogP contribution is 2.26. The quantitative estimate of drug-likeness (QED) is 0.531. The van der Waals surface area contributed by atoms with Crippen LogP contribution in [0.2, 0.25) is 10.0 Å². The highest BCUT2D eigenvalue weighted by atomic mass is 35.5. The molecule has 8 nitrogen and oxygen atoms in total. The Morgan fingerprint density at radius 2 is 1.76 bits per heavy atom. The van der Waals surface area contributed by atoms with E-state index in [0.29, 0.717) is 23.3 Å². The zero-order valence-electron chi connectivity index (χ0n) is 18.5. The van der Waals surface area contributed by atoms with Gasteiger partial charge in [-0.05, 0) is 31.7 Å². The zero-order chi connectivity index (χ0) is 23.4. The molecule has 0 radical (unpaired) electrons. The number of nitrogens with zero attached hydrogens (tertiary/aromatic N) is 5. The van der Waals surface area contributed by atoms with Crippen LogP contribution >= 0.6 is 23.2 Å². The minimum Gasteiger partial charge on any atom is -0.338 e. The van der Waals surface area contributed by atoms with Gasteiger partial charge >= 0.3 is 0 Å². The average Bonchev–Trinajstić information content (AvgIpc) is 2.79. The van der Waals surface area contributed by atoms with Crippen molar-refractivity contribution in [3.8, 4) is 0 Å². The molecule has 0 aliphatic carbocycles. The van der Waals surface area contributed by atoms with E-state index in [4.69, 9.17) is 33.2 Å². The fraction of sp³-hybridized carbons (Fsp3) is 0.304. The summed E-state index contributed by atoms with van der Waals surface area (Å²) < 4.78 is 0. The van der Waals surface area contributed by atoms with Gasteiger partial charge < -0.3 is 20.4 Å². The van der Waals surface area contributed by atoms with Crippen molar-refractivity contribution < 1.29 is 4.79 Å². The van der Waals surface area contributed by atoms with Crippen molar-refractivity contribution in [3.05, 3.63) is 63.9 Å². The maximum absolute atomic E-state index is 12.7. The summed E-state index contributed by atoms with van der Waals surface area (Å²) in [6.07, 6.45) is 2.40. The number of amides is 1. The second-order valence-electron chi connectivity index (χ2n) is 7.79. The molecule has 2 aromatic heterocycles. The van der Waals surface area contributed by atoms with Crippen LogP contribution in [0.25, 0.3) is 0 Å². The largest absolute Gasteiger partial charge is 0.338 e. The molecule has 1 saturated heterocycles. The van der Waals surface area contributed by atoms with E-state index in [1.165, 1.54) is 0 Å². The Bertz CT molecular complexity index is 1130. The Kier molecular flexibility index (Phi) is 7.27. The second kappa shape index (κ2) is 10.3. The number of halogens is 2. The summed E-state index contributed by atoms with van der Waals surface area (Å²) in [5, 5.41) is 6.64. The first-order valence-corrected chi connectivity index (χ1v) is 11.5. The number of pyridine rings is 1. The highest BCUT2D eigenvalue weighted by molar-refractivity contribution is 6.40. The van der Waals surface area contributed by atoms with Crippen LogP contribution in [-0.4, -0.2) is 59.0 Å². The molecule has 0 atom stereocenters. The molecule has 1 aromatic carbocycles. The van der Waals surface area contributed by atoms with E-state index in [-0.39, 0.29) is 15.6 Å². The number of likely N-dealkylation sites (N-methyl/N-ethyl adjacent to an activating group) is 1. The SMILES string of the molecule is CCc1cc(Nc2cc(NC(=O)c3c(Cl)cccc3Cl)ccn2)nc(N2CCN(C)CC2)n1. The molecule has 0 spiro atoms. The molecule has 1 amide bonds. The maximum Gasteiger partial charge on any atom is 0.258 e. The van der Waals surface area contributed by atoms with Gasteiger partial charge in [0, 0.05) is 55.9 Å². The number of rotatable bonds is 6. The van der Waals surface area contributed by atoms with Gasteiger partial charge in [-0.2, -0.15) is 4.98 Å². The number of piperazine rings is 1. The Morgan fingerprint density at radius 1 is 1.03 bits per heavy atom. The van der Waals surface area contributed by atoms with Crippen LogP contribution in [-0.2, 0) is 6.42 Å². The number of nitrogens with one attached hydrogen (secondary N) is 2. The van der Waals surface area contributed by atoms with Crippen molar-refractivity contribution in [3.63, 3.8) is 0 Å². The van der Waals surface area contributed by atoms with Gasteiger partial charge in [0.25, 0.3) is 5.91 Å². The third-order valence-corrected chi connectivity index (χ3v) is 6.01. The molecule has 2 N–H and O–H groups in total. The molecule has 172 valence electrons. The van der Waals surface area contributed by atoms with Crippen molar-refractivity contribution >= 4 is 52.4 Å². The monoisotopic (exact) mass is 485 g/mol. The standard InChI is InChI=1S/C23H25Cl2N7O/c1-3-15-13-20(30-23(28-15)32-11-9-31(2)10-12-32)29-19-14-16(7-8-26-19)27-22(33)21-17(24)5-4-6-18(21)25/h4-8,13-14H,3,9-12H2,1-2H3,(H2,26,27,28,29,30,33). The first-order chi connectivity index (χ1) is 15.9. The van der Waals surface area contributed by atoms with Crippen molar-refractivity contribution in [1.29, 1.82) is 0 Å². The van der Waals surface area contributed by atoms with Crippen molar-refractivity contribution in [2.75, 3.05) is 48.8 Å². The predicted molar refractivity (Wildman–Crippen MR) is 133 cm³/mol. The summed E-state index contributed by atoms with van der Waals surface area (Å²) in [5.74, 6) is 1.52. The van der Waals surface area contributed by atoms with E-state index < -0.39 is 5.91 Å². The minimum absolute atomic E-state index is 0.229. The number of carbonyl (C=O) groups is 1. The maximum atomic E-state index is 12.7. The summed E-state index contributed by atoms with van der Waals surface area (Å²) in [7, 11) is 2.12. The van der Waals surface area contributed by atoms with E-state index >= 15 is 0 Å². The molecular formula is C23H25Cl2N7O. The van der Waals surface area contributed by atoms with Gasteiger partial charge in [0.05, 0.1) is 15.6 Å². The first kappa shape index (κ1) is 23.2. The molecule has 4 rings (SSSR count). The van der Waals surface area contributed by atoms with Gasteiger partial charge in [-0.3, -0.25) is 4.79 Å². The summed E-state index contributed by atoms with van der Waals surface area (Å²) in [4.78, 5) is 31.0. The fourth-order valence-corrected chi connectivity index (χ4v) is 4.06. The lowest BCUT2D eigenvalue weighted by atomic mass is 10.2. The van der Waals surface area contributed by atoms with E-state index in [1.54, 1.807) is 36.5 Å². The molecular weight excluding hydrogens is 461 g/mol. The van der Waals surface area contributed by atoms with Crippen LogP contribution in [0, 0.1) is 0 Å². The Balaban J connectivity index is 1.52. The lowest BCUT2D eigenvalue weighted by Crippen LogP contribution is -2.45. The normalized spacial score (nSPS) is 14.2. The second-order valence-corrected chi connectivity index (χ2v) is 8.61. The minimum atomic E-state index is -0.393. The van der Waals surface area contributed by atoms with Gasteiger partial charge in [0.2, 0.25) is 5.95 Å². The topological polar surface area (TPSA) is 86.3 Å². The third kappa shape index (κ3) is 5.71. The predicted octanol–water partition coefficient (Wildman–Crippen LogP) is 4.49. The van der Waals surface area contributed by atoms with Crippen LogP contribution in [0.15, 0.2) is 42.6 Å². The average molecular weight is 486 g/mol. The first-order valence-electron chi connectivity index (χ1n) is 10.7. The van der Waals surface area contributed by atoms with Gasteiger partial charge in [0.1, 0.15) is 11.6 Å². The molecule has 3 heterocycles. The summed E-state index contributed by atoms with van der Waals surface area (Å²) >= 11 is 12.3. The van der Waals surface area contributed by atoms with Gasteiger partial charge in [0.15, 0.2) is 0 Å². The third-order valence-electron chi connectivity index (χ3n) is 5.38. The number of aryl methyl sites for hydroxylation is 1. The smallest absolute Gasteiger partial charge is 0.258 e. The Labute approximate surface area is 203 Å². The molecule has 10 heteroatoms. The number of hydrogen-bond donors (Lipinski definition) is 2. The molecule has 3 aromatic rings. The van der Waals surface area contributed by atoms with Crippen LogP contribution in [0.4, 0.5) is 23.3 Å². The van der Waals surface area contributed by atoms with Gasteiger partial charge in [-0.1, -0.05) is 36.2 Å². The highest BCUT2D eigenvalue weighted by Gasteiger charge is 2.18. The van der Waals surface area contributed by atoms with Gasteiger partial charge in [-0.15, -0.1) is 0 Å². The molecule has 33 heavy (non-hydrogen) atoms. The van der Waals surface area contributed by atoms with E-state index in [9.17, 15) is 4.79 Å². The molecule has 0 bridgehead atoms. The summed E-state index contributed by atoms with van der Waals surface area (Å²) in [6.45, 7) is 5.78.